The molecule has 1 aliphatic rings. The van der Waals surface area contributed by atoms with Gasteiger partial charge in [-0.25, -0.2) is 0 Å². The molecule has 0 amide bonds. The summed E-state index contributed by atoms with van der Waals surface area (Å²) in [5, 5.41) is 40.1. The highest BCUT2D eigenvalue weighted by Gasteiger charge is 2.44. The van der Waals surface area contributed by atoms with Gasteiger partial charge < -0.3 is 39.4 Å². The van der Waals surface area contributed by atoms with Crippen molar-refractivity contribution in [2.24, 2.45) is 0 Å². The monoisotopic (exact) mass is 811 g/mol. The molecule has 0 aromatic rings. The Morgan fingerprint density at radius 3 is 1.49 bits per heavy atom. The highest BCUT2D eigenvalue weighted by Crippen LogP contribution is 2.23. The third-order valence-corrected chi connectivity index (χ3v) is 11.0. The second-order valence-electron chi connectivity index (χ2n) is 16.3. The Morgan fingerprint density at radius 2 is 1.02 bits per heavy atom. The number of aliphatic hydroxyl groups is 4. The number of allylic oxidation sites excluding steroid dienone is 3. The van der Waals surface area contributed by atoms with Crippen molar-refractivity contribution in [1.82, 2.24) is 0 Å². The van der Waals surface area contributed by atoms with Gasteiger partial charge in [0.15, 0.2) is 12.4 Å². The summed E-state index contributed by atoms with van der Waals surface area (Å²) in [5.74, 6) is -0.807. The van der Waals surface area contributed by atoms with Crippen molar-refractivity contribution in [2.75, 3.05) is 19.8 Å². The van der Waals surface area contributed by atoms with Crippen LogP contribution in [0, 0.1) is 0 Å². The molecule has 334 valence electrons. The van der Waals surface area contributed by atoms with Gasteiger partial charge in [-0.1, -0.05) is 160 Å². The van der Waals surface area contributed by atoms with Crippen molar-refractivity contribution in [3.05, 3.63) is 24.8 Å². The van der Waals surface area contributed by atoms with Gasteiger partial charge in [-0.3, -0.25) is 9.59 Å². The molecule has 0 aromatic heterocycles. The predicted octanol–water partition coefficient (Wildman–Crippen LogP) is 10.1. The number of carbonyl (C=O) groups is 2. The highest BCUT2D eigenvalue weighted by molar-refractivity contribution is 5.70. The lowest BCUT2D eigenvalue weighted by Gasteiger charge is -2.39. The quantitative estimate of drug-likeness (QED) is 0.0267. The van der Waals surface area contributed by atoms with E-state index < -0.39 is 49.4 Å². The van der Waals surface area contributed by atoms with E-state index in [2.05, 4.69) is 25.7 Å². The van der Waals surface area contributed by atoms with Crippen LogP contribution in [0.5, 0.6) is 0 Å². The Morgan fingerprint density at radius 1 is 0.579 bits per heavy atom. The van der Waals surface area contributed by atoms with Crippen LogP contribution in [0.15, 0.2) is 24.8 Å². The molecule has 6 atom stereocenters. The average molecular weight is 811 g/mol. The van der Waals surface area contributed by atoms with Gasteiger partial charge in [0.2, 0.25) is 0 Å². The van der Waals surface area contributed by atoms with E-state index in [0.717, 1.165) is 51.4 Å². The molecule has 0 aliphatic carbocycles. The summed E-state index contributed by atoms with van der Waals surface area (Å²) < 4.78 is 22.2. The van der Waals surface area contributed by atoms with Gasteiger partial charge in [0, 0.05) is 12.8 Å². The van der Waals surface area contributed by atoms with Gasteiger partial charge in [0.05, 0.1) is 13.2 Å². The minimum atomic E-state index is -1.59. The number of esters is 2. The summed E-state index contributed by atoms with van der Waals surface area (Å²) in [5.41, 5.74) is 0. The second-order valence-corrected chi connectivity index (χ2v) is 16.3. The van der Waals surface area contributed by atoms with E-state index >= 15 is 0 Å². The molecule has 2 unspecified atom stereocenters. The molecular formula is C47H86O10. The van der Waals surface area contributed by atoms with Crippen LogP contribution in [-0.2, 0) is 28.5 Å². The summed E-state index contributed by atoms with van der Waals surface area (Å²) in [7, 11) is 0. The number of unbranched alkanes of at least 4 members (excludes halogenated alkanes) is 26. The number of hydrogen-bond acceptors (Lipinski definition) is 10. The van der Waals surface area contributed by atoms with Crippen LogP contribution in [0.3, 0.4) is 0 Å². The van der Waals surface area contributed by atoms with Crippen LogP contribution in [0.4, 0.5) is 0 Å². The minimum absolute atomic E-state index is 0.217. The van der Waals surface area contributed by atoms with Crippen LogP contribution in [0.25, 0.3) is 0 Å². The van der Waals surface area contributed by atoms with Crippen LogP contribution in [-0.4, -0.2) is 89.0 Å². The smallest absolute Gasteiger partial charge is 0.306 e. The molecule has 0 radical (unpaired) electrons. The van der Waals surface area contributed by atoms with Gasteiger partial charge in [0.1, 0.15) is 31.0 Å². The zero-order valence-corrected chi connectivity index (χ0v) is 36.2. The van der Waals surface area contributed by atoms with Crippen LogP contribution in [0.2, 0.25) is 0 Å². The maximum absolute atomic E-state index is 12.8. The first kappa shape index (κ1) is 53.2. The summed E-state index contributed by atoms with van der Waals surface area (Å²) in [6.07, 6.45) is 33.6. The van der Waals surface area contributed by atoms with Crippen LogP contribution >= 0.6 is 0 Å². The molecule has 0 bridgehead atoms. The van der Waals surface area contributed by atoms with Crippen LogP contribution in [0.1, 0.15) is 206 Å². The number of hydrogen-bond donors (Lipinski definition) is 4. The van der Waals surface area contributed by atoms with Gasteiger partial charge in [-0.2, -0.15) is 0 Å². The third-order valence-electron chi connectivity index (χ3n) is 11.0. The number of carbonyl (C=O) groups excluding carboxylic acids is 2. The molecule has 1 aliphatic heterocycles. The lowest BCUT2D eigenvalue weighted by molar-refractivity contribution is -0.305. The summed E-state index contributed by atoms with van der Waals surface area (Å²) >= 11 is 0. The molecule has 1 fully saturated rings. The fraction of sp³-hybridized carbons (Fsp3) is 0.872. The lowest BCUT2D eigenvalue weighted by Crippen LogP contribution is -2.59. The molecule has 0 aromatic carbocycles. The van der Waals surface area contributed by atoms with E-state index in [1.165, 1.54) is 128 Å². The largest absolute Gasteiger partial charge is 0.462 e. The molecule has 1 heterocycles. The molecule has 57 heavy (non-hydrogen) atoms. The van der Waals surface area contributed by atoms with Crippen molar-refractivity contribution in [2.45, 2.75) is 243 Å². The Kier molecular flexibility index (Phi) is 35.8. The molecule has 10 heteroatoms. The van der Waals surface area contributed by atoms with Crippen molar-refractivity contribution < 1.29 is 49.0 Å². The van der Waals surface area contributed by atoms with E-state index in [9.17, 15) is 30.0 Å². The summed E-state index contributed by atoms with van der Waals surface area (Å²) in [6.45, 7) is 4.95. The normalized spacial score (nSPS) is 20.2. The van der Waals surface area contributed by atoms with Crippen molar-refractivity contribution in [1.29, 1.82) is 0 Å². The van der Waals surface area contributed by atoms with Gasteiger partial charge in [-0.05, 0) is 51.4 Å². The van der Waals surface area contributed by atoms with Gasteiger partial charge in [-0.15, -0.1) is 6.58 Å². The van der Waals surface area contributed by atoms with Gasteiger partial charge in [0.25, 0.3) is 0 Å². The number of rotatable bonds is 40. The molecule has 0 spiro atoms. The maximum atomic E-state index is 12.8. The van der Waals surface area contributed by atoms with E-state index in [1.54, 1.807) is 0 Å². The van der Waals surface area contributed by atoms with Crippen molar-refractivity contribution >= 4 is 11.9 Å². The zero-order valence-electron chi connectivity index (χ0n) is 36.2. The SMILES string of the molecule is C=CCCCCCCCCCCCCCCCC(=O)OC[C@H](CO[C@@H]1O[C@H](CO)[C@H](O)C(O)C1O)OC(=O)CCCCCCCCC/C=C/CCCCCCCC. The molecular weight excluding hydrogens is 725 g/mol. The Bertz CT molecular complexity index is 972. The molecule has 0 saturated carbocycles. The number of aliphatic hydroxyl groups excluding tert-OH is 4. The van der Waals surface area contributed by atoms with Crippen LogP contribution < -0.4 is 0 Å². The standard InChI is InChI=1S/C47H86O10/c1-3-5-7-9-11-13-15-17-19-20-22-24-26-28-30-32-34-36-43(50)56-40(39-55-47-46(53)45(52)44(51)41(37-48)57-47)38-54-42(49)35-33-31-29-27-25-23-21-18-16-14-12-10-8-6-4-2/h4,17,19,40-41,44-48,51-53H,2-3,5-16,18,20-39H2,1H3/b19-17+/t40-,41-,44+,45?,46?,47-/m1/s1. The summed E-state index contributed by atoms with van der Waals surface area (Å²) in [4.78, 5) is 25.3. The van der Waals surface area contributed by atoms with E-state index in [4.69, 9.17) is 18.9 Å². The van der Waals surface area contributed by atoms with Crippen molar-refractivity contribution in [3.63, 3.8) is 0 Å². The zero-order chi connectivity index (χ0) is 41.6. The van der Waals surface area contributed by atoms with E-state index in [0.29, 0.717) is 6.42 Å². The lowest BCUT2D eigenvalue weighted by atomic mass is 9.99. The first-order chi connectivity index (χ1) is 27.8. The Hall–Kier alpha value is -1.82. The Balaban J connectivity index is 2.30. The van der Waals surface area contributed by atoms with Crippen molar-refractivity contribution in [3.8, 4) is 0 Å². The van der Waals surface area contributed by atoms with E-state index in [1.807, 2.05) is 6.08 Å². The first-order valence-corrected chi connectivity index (χ1v) is 23.4. The summed E-state index contributed by atoms with van der Waals surface area (Å²) in [6, 6.07) is 0. The third kappa shape index (κ3) is 30.0. The second kappa shape index (κ2) is 38.4. The number of ether oxygens (including phenoxy) is 4. The fourth-order valence-corrected chi connectivity index (χ4v) is 7.22. The molecule has 1 rings (SSSR count). The fourth-order valence-electron chi connectivity index (χ4n) is 7.22. The molecule has 4 N–H and O–H groups in total. The first-order valence-electron chi connectivity index (χ1n) is 23.4. The Labute approximate surface area is 347 Å². The van der Waals surface area contributed by atoms with E-state index in [-0.39, 0.29) is 32.0 Å². The molecule has 10 nitrogen and oxygen atoms in total. The van der Waals surface area contributed by atoms with Gasteiger partial charge >= 0.3 is 11.9 Å². The topological polar surface area (TPSA) is 152 Å². The average Bonchev–Trinajstić information content (AvgIpc) is 3.21. The minimum Gasteiger partial charge on any atom is -0.462 e. The highest BCUT2D eigenvalue weighted by atomic mass is 16.7. The maximum Gasteiger partial charge on any atom is 0.306 e. The predicted molar refractivity (Wildman–Crippen MR) is 229 cm³/mol. The molecule has 1 saturated heterocycles.